The third kappa shape index (κ3) is 4.30. The van der Waals surface area contributed by atoms with Crippen molar-refractivity contribution in [1.82, 2.24) is 9.97 Å². The Balaban J connectivity index is 1.76. The Morgan fingerprint density at radius 2 is 1.63 bits per heavy atom. The average Bonchev–Trinajstić information content (AvgIpc) is 2.65. The van der Waals surface area contributed by atoms with Crippen LogP contribution in [-0.4, -0.2) is 21.7 Å². The summed E-state index contributed by atoms with van der Waals surface area (Å²) >= 11 is 0. The van der Waals surface area contributed by atoms with Crippen LogP contribution in [0.4, 0.5) is 26.1 Å². The van der Waals surface area contributed by atoms with Crippen molar-refractivity contribution in [3.8, 4) is 0 Å². The Kier molecular flexibility index (Phi) is 5.16. The first-order valence-corrected chi connectivity index (χ1v) is 7.90. The third-order valence-electron chi connectivity index (χ3n) is 3.64. The summed E-state index contributed by atoms with van der Waals surface area (Å²) in [5.41, 5.74) is 0.546. The van der Waals surface area contributed by atoms with E-state index in [1.807, 2.05) is 0 Å². The fourth-order valence-electron chi connectivity index (χ4n) is 2.26. The van der Waals surface area contributed by atoms with Crippen LogP contribution in [0, 0.1) is 11.6 Å². The maximum atomic E-state index is 13.7. The van der Waals surface area contributed by atoms with Gasteiger partial charge < -0.3 is 10.6 Å². The first-order valence-electron chi connectivity index (χ1n) is 7.90. The molecule has 0 saturated heterocycles. The summed E-state index contributed by atoms with van der Waals surface area (Å²) in [5, 5.41) is 5.05. The van der Waals surface area contributed by atoms with Crippen molar-refractivity contribution in [3.05, 3.63) is 77.6 Å². The molecule has 136 valence electrons. The van der Waals surface area contributed by atoms with Gasteiger partial charge in [0, 0.05) is 17.4 Å². The van der Waals surface area contributed by atoms with Crippen molar-refractivity contribution in [2.75, 3.05) is 10.6 Å². The largest absolute Gasteiger partial charge is 0.324 e. The molecule has 0 aliphatic rings. The molecule has 3 rings (SSSR count). The Morgan fingerprint density at radius 1 is 0.963 bits per heavy atom. The second-order valence-corrected chi connectivity index (χ2v) is 5.57. The lowest BCUT2D eigenvalue weighted by atomic mass is 10.1. The summed E-state index contributed by atoms with van der Waals surface area (Å²) in [6.07, 6.45) is 1.34. The van der Waals surface area contributed by atoms with Gasteiger partial charge in [-0.2, -0.15) is 0 Å². The number of Topliss-reactive ketones (excluding diaryl/α,β-unsaturated/α-hetero) is 1. The molecule has 3 aromatic rings. The molecule has 0 unspecified atom stereocenters. The smallest absolute Gasteiger partial charge is 0.274 e. The Morgan fingerprint density at radius 3 is 2.26 bits per heavy atom. The van der Waals surface area contributed by atoms with Gasteiger partial charge in [-0.25, -0.2) is 18.7 Å². The number of rotatable bonds is 5. The van der Waals surface area contributed by atoms with E-state index >= 15 is 0 Å². The molecular formula is C19H14F2N4O2. The third-order valence-corrected chi connectivity index (χ3v) is 3.64. The topological polar surface area (TPSA) is 84.0 Å². The van der Waals surface area contributed by atoms with Gasteiger partial charge in [0.05, 0.1) is 0 Å². The van der Waals surface area contributed by atoms with E-state index in [0.29, 0.717) is 11.3 Å². The highest BCUT2D eigenvalue weighted by molar-refractivity contribution is 6.03. The van der Waals surface area contributed by atoms with E-state index in [-0.39, 0.29) is 17.4 Å². The van der Waals surface area contributed by atoms with E-state index < -0.39 is 23.2 Å². The Labute approximate surface area is 153 Å². The molecule has 6 nitrogen and oxygen atoms in total. The molecule has 0 radical (unpaired) electrons. The highest BCUT2D eigenvalue weighted by Crippen LogP contribution is 2.19. The molecule has 2 N–H and O–H groups in total. The summed E-state index contributed by atoms with van der Waals surface area (Å²) in [5.74, 6) is -2.50. The number of hydrogen-bond donors (Lipinski definition) is 2. The Hall–Kier alpha value is -3.68. The van der Waals surface area contributed by atoms with Crippen LogP contribution >= 0.6 is 0 Å². The van der Waals surface area contributed by atoms with Gasteiger partial charge in [-0.1, -0.05) is 6.07 Å². The number of para-hydroxylation sites is 1. The fourth-order valence-corrected chi connectivity index (χ4v) is 2.26. The van der Waals surface area contributed by atoms with Gasteiger partial charge in [0.2, 0.25) is 5.95 Å². The van der Waals surface area contributed by atoms with Gasteiger partial charge in [0.25, 0.3) is 5.91 Å². The lowest BCUT2D eigenvalue weighted by molar-refractivity contribution is 0.101. The number of carbonyl (C=O) groups excluding carboxylic acids is 2. The zero-order valence-corrected chi connectivity index (χ0v) is 14.2. The van der Waals surface area contributed by atoms with Gasteiger partial charge >= 0.3 is 0 Å². The number of aromatic nitrogens is 2. The van der Waals surface area contributed by atoms with Gasteiger partial charge in [-0.15, -0.1) is 0 Å². The first-order chi connectivity index (χ1) is 12.9. The molecule has 1 aromatic heterocycles. The minimum absolute atomic E-state index is 0.0585. The van der Waals surface area contributed by atoms with Crippen molar-refractivity contribution < 1.29 is 18.4 Å². The van der Waals surface area contributed by atoms with E-state index in [1.165, 1.54) is 25.3 Å². The minimum atomic E-state index is -0.888. The second kappa shape index (κ2) is 7.69. The van der Waals surface area contributed by atoms with E-state index in [2.05, 4.69) is 20.6 Å². The number of carbonyl (C=O) groups is 2. The number of benzene rings is 2. The number of amides is 1. The van der Waals surface area contributed by atoms with Crippen molar-refractivity contribution in [2.45, 2.75) is 6.92 Å². The summed E-state index contributed by atoms with van der Waals surface area (Å²) in [6, 6.07) is 11.2. The van der Waals surface area contributed by atoms with E-state index in [1.54, 1.807) is 24.3 Å². The number of nitrogens with one attached hydrogen (secondary N) is 2. The standard InChI is InChI=1S/C19H14F2N4O2/c1-11(26)12-5-7-13(8-6-12)23-19-22-10-9-16(24-19)18(27)25-17-14(20)3-2-4-15(17)21/h2-10H,1H3,(H,25,27)(H,22,23,24). The van der Waals surface area contributed by atoms with Crippen LogP contribution in [0.3, 0.4) is 0 Å². The van der Waals surface area contributed by atoms with Crippen LogP contribution in [-0.2, 0) is 0 Å². The molecule has 27 heavy (non-hydrogen) atoms. The molecule has 0 saturated carbocycles. The second-order valence-electron chi connectivity index (χ2n) is 5.57. The van der Waals surface area contributed by atoms with E-state index in [9.17, 15) is 18.4 Å². The van der Waals surface area contributed by atoms with Crippen LogP contribution in [0.1, 0.15) is 27.8 Å². The monoisotopic (exact) mass is 368 g/mol. The maximum absolute atomic E-state index is 13.7. The van der Waals surface area contributed by atoms with Crippen LogP contribution < -0.4 is 10.6 Å². The number of ketones is 1. The van der Waals surface area contributed by atoms with Crippen molar-refractivity contribution in [3.63, 3.8) is 0 Å². The summed E-state index contributed by atoms with van der Waals surface area (Å²) < 4.78 is 27.3. The van der Waals surface area contributed by atoms with Gasteiger partial charge in [0.1, 0.15) is 23.0 Å². The molecule has 0 aliphatic carbocycles. The molecule has 0 spiro atoms. The number of nitrogens with zero attached hydrogens (tertiary/aromatic N) is 2. The summed E-state index contributed by atoms with van der Waals surface area (Å²) in [6.45, 7) is 1.46. The van der Waals surface area contributed by atoms with Gasteiger partial charge in [0.15, 0.2) is 5.78 Å². The minimum Gasteiger partial charge on any atom is -0.324 e. The van der Waals surface area contributed by atoms with Gasteiger partial charge in [-0.05, 0) is 49.4 Å². The normalized spacial score (nSPS) is 10.3. The molecule has 2 aromatic carbocycles. The van der Waals surface area contributed by atoms with E-state index in [0.717, 1.165) is 12.1 Å². The predicted molar refractivity (Wildman–Crippen MR) is 96.1 cm³/mol. The molecule has 1 amide bonds. The van der Waals surface area contributed by atoms with Crippen LogP contribution in [0.15, 0.2) is 54.7 Å². The summed E-state index contributed by atoms with van der Waals surface area (Å²) in [4.78, 5) is 31.6. The SMILES string of the molecule is CC(=O)c1ccc(Nc2nccc(C(=O)Nc3c(F)cccc3F)n2)cc1. The zero-order valence-electron chi connectivity index (χ0n) is 14.2. The first kappa shape index (κ1) is 18.1. The highest BCUT2D eigenvalue weighted by atomic mass is 19.1. The summed E-state index contributed by atoms with van der Waals surface area (Å²) in [7, 11) is 0. The number of hydrogen-bond acceptors (Lipinski definition) is 5. The Bertz CT molecular complexity index is 987. The number of halogens is 2. The average molecular weight is 368 g/mol. The van der Waals surface area contributed by atoms with Crippen molar-refractivity contribution >= 4 is 29.0 Å². The quantitative estimate of drug-likeness (QED) is 0.666. The van der Waals surface area contributed by atoms with Crippen molar-refractivity contribution in [1.29, 1.82) is 0 Å². The highest BCUT2D eigenvalue weighted by Gasteiger charge is 2.15. The molecule has 0 atom stereocenters. The lowest BCUT2D eigenvalue weighted by Gasteiger charge is -2.09. The molecule has 0 aliphatic heterocycles. The predicted octanol–water partition coefficient (Wildman–Crippen LogP) is 3.95. The zero-order chi connectivity index (χ0) is 19.4. The van der Waals surface area contributed by atoms with Crippen LogP contribution in [0.5, 0.6) is 0 Å². The fraction of sp³-hybridized carbons (Fsp3) is 0.0526. The number of anilines is 3. The van der Waals surface area contributed by atoms with Crippen molar-refractivity contribution in [2.24, 2.45) is 0 Å². The van der Waals surface area contributed by atoms with Crippen LogP contribution in [0.25, 0.3) is 0 Å². The molecule has 8 heteroatoms. The van der Waals surface area contributed by atoms with Crippen LogP contribution in [0.2, 0.25) is 0 Å². The van der Waals surface area contributed by atoms with Gasteiger partial charge in [-0.3, -0.25) is 9.59 Å². The lowest BCUT2D eigenvalue weighted by Crippen LogP contribution is -2.16. The molecular weight excluding hydrogens is 354 g/mol. The molecule has 1 heterocycles. The molecule has 0 fully saturated rings. The maximum Gasteiger partial charge on any atom is 0.274 e. The molecule has 0 bridgehead atoms. The van der Waals surface area contributed by atoms with E-state index in [4.69, 9.17) is 0 Å².